The summed E-state index contributed by atoms with van der Waals surface area (Å²) in [6.07, 6.45) is 13.4. The van der Waals surface area contributed by atoms with E-state index in [1.54, 1.807) is 0 Å². The van der Waals surface area contributed by atoms with E-state index in [0.717, 1.165) is 29.8 Å². The summed E-state index contributed by atoms with van der Waals surface area (Å²) in [5, 5.41) is 4.03. The molecule has 3 rings (SSSR count). The molecule has 3 aliphatic rings. The van der Waals surface area contributed by atoms with E-state index in [-0.39, 0.29) is 0 Å². The summed E-state index contributed by atoms with van der Waals surface area (Å²) in [6.45, 7) is 2.35. The maximum Gasteiger partial charge on any atom is 0.0129 e. The number of nitrogens with one attached hydrogen (secondary N) is 1. The van der Waals surface area contributed by atoms with Crippen molar-refractivity contribution >= 4 is 0 Å². The zero-order chi connectivity index (χ0) is 11.0. The average Bonchev–Trinajstić information content (AvgIpc) is 2.69. The summed E-state index contributed by atoms with van der Waals surface area (Å²) in [7, 11) is 0. The fourth-order valence-corrected chi connectivity index (χ4v) is 4.89. The Balaban J connectivity index is 1.72. The van der Waals surface area contributed by atoms with E-state index in [2.05, 4.69) is 12.2 Å². The Morgan fingerprint density at radius 1 is 0.938 bits per heavy atom. The summed E-state index contributed by atoms with van der Waals surface area (Å²) in [4.78, 5) is 0. The molecule has 1 heterocycles. The van der Waals surface area contributed by atoms with Gasteiger partial charge in [-0.3, -0.25) is 0 Å². The quantitative estimate of drug-likeness (QED) is 0.749. The van der Waals surface area contributed by atoms with Crippen molar-refractivity contribution in [1.29, 1.82) is 0 Å². The van der Waals surface area contributed by atoms with Crippen molar-refractivity contribution < 1.29 is 0 Å². The van der Waals surface area contributed by atoms with Gasteiger partial charge in [0, 0.05) is 12.1 Å². The Hall–Kier alpha value is -0.0400. The molecule has 0 aromatic rings. The fourth-order valence-electron chi connectivity index (χ4n) is 4.89. The van der Waals surface area contributed by atoms with Crippen LogP contribution < -0.4 is 5.32 Å². The van der Waals surface area contributed by atoms with Gasteiger partial charge in [0.15, 0.2) is 0 Å². The van der Waals surface area contributed by atoms with Crippen LogP contribution in [0, 0.1) is 17.8 Å². The minimum Gasteiger partial charge on any atom is -0.310 e. The zero-order valence-electron chi connectivity index (χ0n) is 10.8. The molecule has 0 aromatic heterocycles. The van der Waals surface area contributed by atoms with Gasteiger partial charge in [-0.05, 0) is 49.9 Å². The second-order valence-corrected chi connectivity index (χ2v) is 6.39. The maximum absolute atomic E-state index is 4.03. The minimum absolute atomic E-state index is 0.904. The van der Waals surface area contributed by atoms with Crippen molar-refractivity contribution in [3.8, 4) is 0 Å². The lowest BCUT2D eigenvalue weighted by molar-refractivity contribution is 0.179. The third kappa shape index (κ3) is 1.81. The van der Waals surface area contributed by atoms with Crippen LogP contribution in [0.2, 0.25) is 0 Å². The highest BCUT2D eigenvalue weighted by Crippen LogP contribution is 2.46. The van der Waals surface area contributed by atoms with E-state index in [0.29, 0.717) is 0 Å². The third-order valence-electron chi connectivity index (χ3n) is 5.52. The highest BCUT2D eigenvalue weighted by Gasteiger charge is 2.47. The van der Waals surface area contributed by atoms with Crippen LogP contribution in [-0.4, -0.2) is 12.1 Å². The maximum atomic E-state index is 4.03. The smallest absolute Gasteiger partial charge is 0.0129 e. The van der Waals surface area contributed by atoms with Crippen molar-refractivity contribution in [2.75, 3.05) is 0 Å². The summed E-state index contributed by atoms with van der Waals surface area (Å²) in [6, 6.07) is 1.81. The van der Waals surface area contributed by atoms with Crippen LogP contribution in [0.1, 0.15) is 64.7 Å². The average molecular weight is 221 g/mol. The largest absolute Gasteiger partial charge is 0.310 e. The van der Waals surface area contributed by atoms with Gasteiger partial charge in [-0.1, -0.05) is 32.6 Å². The van der Waals surface area contributed by atoms with E-state index in [1.165, 1.54) is 57.8 Å². The second-order valence-electron chi connectivity index (χ2n) is 6.39. The van der Waals surface area contributed by atoms with Gasteiger partial charge in [-0.25, -0.2) is 0 Å². The topological polar surface area (TPSA) is 12.0 Å². The molecule has 0 spiro atoms. The molecule has 0 aromatic carbocycles. The Labute approximate surface area is 100 Å². The van der Waals surface area contributed by atoms with Gasteiger partial charge >= 0.3 is 0 Å². The molecule has 2 saturated carbocycles. The van der Waals surface area contributed by atoms with Crippen LogP contribution in [0.25, 0.3) is 0 Å². The van der Waals surface area contributed by atoms with Crippen LogP contribution in [0.3, 0.4) is 0 Å². The Kier molecular flexibility index (Phi) is 3.24. The van der Waals surface area contributed by atoms with Crippen molar-refractivity contribution in [3.05, 3.63) is 0 Å². The predicted molar refractivity (Wildman–Crippen MR) is 68.4 cm³/mol. The van der Waals surface area contributed by atoms with Crippen molar-refractivity contribution in [3.63, 3.8) is 0 Å². The second kappa shape index (κ2) is 4.68. The minimum atomic E-state index is 0.904. The first kappa shape index (κ1) is 11.1. The first-order valence-electron chi connectivity index (χ1n) is 7.66. The van der Waals surface area contributed by atoms with Crippen LogP contribution >= 0.6 is 0 Å². The molecule has 16 heavy (non-hydrogen) atoms. The first-order chi connectivity index (χ1) is 7.90. The van der Waals surface area contributed by atoms with Gasteiger partial charge in [0.1, 0.15) is 0 Å². The molecule has 5 unspecified atom stereocenters. The standard InChI is InChI=1S/C15H27N/c1-2-6-11-7-5-9-13-12-8-3-4-10-14(12)16-15(11)13/h11-16H,2-10H2,1H3. The summed E-state index contributed by atoms with van der Waals surface area (Å²) in [5.41, 5.74) is 0. The molecule has 2 aliphatic carbocycles. The SMILES string of the molecule is CCCC1CCCC2C3CCCCC3NC12. The summed E-state index contributed by atoms with van der Waals surface area (Å²) < 4.78 is 0. The monoisotopic (exact) mass is 221 g/mol. The van der Waals surface area contributed by atoms with E-state index >= 15 is 0 Å². The normalized spacial score (nSPS) is 47.4. The Morgan fingerprint density at radius 3 is 2.62 bits per heavy atom. The third-order valence-corrected chi connectivity index (χ3v) is 5.52. The predicted octanol–water partition coefficient (Wildman–Crippen LogP) is 3.73. The lowest BCUT2D eigenvalue weighted by Gasteiger charge is -2.36. The lowest BCUT2D eigenvalue weighted by Crippen LogP contribution is -2.40. The van der Waals surface area contributed by atoms with Crippen molar-refractivity contribution in [2.45, 2.75) is 76.8 Å². The molecule has 1 heteroatoms. The molecule has 1 nitrogen and oxygen atoms in total. The van der Waals surface area contributed by atoms with Crippen LogP contribution in [0.15, 0.2) is 0 Å². The number of fused-ring (bicyclic) bond motifs is 3. The molecule has 1 N–H and O–H groups in total. The molecule has 1 saturated heterocycles. The summed E-state index contributed by atoms with van der Waals surface area (Å²) >= 11 is 0. The molecule has 5 atom stereocenters. The molecule has 0 radical (unpaired) electrons. The summed E-state index contributed by atoms with van der Waals surface area (Å²) in [5.74, 6) is 3.11. The molecule has 0 bridgehead atoms. The van der Waals surface area contributed by atoms with Gasteiger partial charge in [-0.2, -0.15) is 0 Å². The molecule has 92 valence electrons. The highest BCUT2D eigenvalue weighted by molar-refractivity contribution is 5.02. The zero-order valence-corrected chi connectivity index (χ0v) is 10.8. The van der Waals surface area contributed by atoms with Gasteiger partial charge in [0.2, 0.25) is 0 Å². The van der Waals surface area contributed by atoms with Crippen LogP contribution in [0.5, 0.6) is 0 Å². The number of hydrogen-bond donors (Lipinski definition) is 1. The molecular formula is C15H27N. The van der Waals surface area contributed by atoms with Gasteiger partial charge < -0.3 is 5.32 Å². The number of rotatable bonds is 2. The molecule has 1 aliphatic heterocycles. The Bertz CT molecular complexity index is 236. The highest BCUT2D eigenvalue weighted by atomic mass is 15.0. The Morgan fingerprint density at radius 2 is 1.75 bits per heavy atom. The van der Waals surface area contributed by atoms with Gasteiger partial charge in [0.25, 0.3) is 0 Å². The van der Waals surface area contributed by atoms with Crippen LogP contribution in [0.4, 0.5) is 0 Å². The van der Waals surface area contributed by atoms with Gasteiger partial charge in [0.05, 0.1) is 0 Å². The van der Waals surface area contributed by atoms with E-state index < -0.39 is 0 Å². The fraction of sp³-hybridized carbons (Fsp3) is 1.00. The molecule has 3 fully saturated rings. The number of hydrogen-bond acceptors (Lipinski definition) is 1. The van der Waals surface area contributed by atoms with E-state index in [4.69, 9.17) is 0 Å². The lowest BCUT2D eigenvalue weighted by atomic mass is 9.69. The van der Waals surface area contributed by atoms with Gasteiger partial charge in [-0.15, -0.1) is 0 Å². The van der Waals surface area contributed by atoms with Crippen molar-refractivity contribution in [2.24, 2.45) is 17.8 Å². The van der Waals surface area contributed by atoms with E-state index in [1.807, 2.05) is 0 Å². The van der Waals surface area contributed by atoms with Crippen molar-refractivity contribution in [1.82, 2.24) is 5.32 Å². The molecular weight excluding hydrogens is 194 g/mol. The first-order valence-corrected chi connectivity index (χ1v) is 7.66. The van der Waals surface area contributed by atoms with Crippen LogP contribution in [-0.2, 0) is 0 Å². The molecule has 0 amide bonds. The van der Waals surface area contributed by atoms with E-state index in [9.17, 15) is 0 Å².